The Morgan fingerprint density at radius 3 is 2.54 bits per heavy atom. The van der Waals surface area contributed by atoms with Crippen molar-refractivity contribution < 1.29 is 19.8 Å². The van der Waals surface area contributed by atoms with Crippen molar-refractivity contribution in [3.05, 3.63) is 46.2 Å². The molecule has 120 valence electrons. The van der Waals surface area contributed by atoms with E-state index in [-0.39, 0.29) is 35.1 Å². The van der Waals surface area contributed by atoms with Crippen LogP contribution in [-0.2, 0) is 11.8 Å². The average molecular weight is 339 g/mol. The van der Waals surface area contributed by atoms with Crippen LogP contribution in [0.1, 0.15) is 10.4 Å². The number of benzene rings is 1. The van der Waals surface area contributed by atoms with Crippen LogP contribution in [0.3, 0.4) is 0 Å². The van der Waals surface area contributed by atoms with Gasteiger partial charge in [0.15, 0.2) is 5.75 Å². The Balaban J connectivity index is 0.00000208. The zero-order chi connectivity index (χ0) is 16.7. The molecule has 1 aromatic carbocycles. The first-order chi connectivity index (χ1) is 10.9. The number of rotatable bonds is 3. The number of fused-ring (bicyclic) bond motifs is 3. The molecule has 3 aromatic rings. The Kier molecular flexibility index (Phi) is 5.02. The molecule has 3 N–H and O–H groups in total. The standard InChI is InChI=1S/C15H13N3O5.Na.H/c1-17-15(23)12(14(22)16-7-11(19)20)13(21)10-6-8-4-2-3-5-9(8)18(10)17;;/h2-6,21H,7H2,1H3,(H,16,22)(H,19,20);;. The van der Waals surface area contributed by atoms with E-state index < -0.39 is 35.3 Å². The monoisotopic (exact) mass is 339 g/mol. The SMILES string of the molecule is Cn1c(=O)c(C(=O)NCC(=O)O)c(O)c2cc3ccccc3n21.[NaH]. The molecule has 0 aliphatic rings. The molecule has 0 radical (unpaired) electrons. The normalized spacial score (nSPS) is 10.5. The molecule has 0 saturated heterocycles. The van der Waals surface area contributed by atoms with Gasteiger partial charge in [0, 0.05) is 12.4 Å². The van der Waals surface area contributed by atoms with Gasteiger partial charge in [-0.25, -0.2) is 9.20 Å². The van der Waals surface area contributed by atoms with Crippen molar-refractivity contribution in [1.29, 1.82) is 0 Å². The fourth-order valence-electron chi connectivity index (χ4n) is 2.56. The van der Waals surface area contributed by atoms with E-state index in [1.165, 1.54) is 16.2 Å². The molecule has 0 aliphatic carbocycles. The van der Waals surface area contributed by atoms with Crippen molar-refractivity contribution in [2.75, 3.05) is 6.54 Å². The number of carbonyl (C=O) groups is 2. The van der Waals surface area contributed by atoms with Gasteiger partial charge in [-0.05, 0) is 12.1 Å². The third kappa shape index (κ3) is 2.79. The van der Waals surface area contributed by atoms with Gasteiger partial charge in [0.1, 0.15) is 17.6 Å². The van der Waals surface area contributed by atoms with E-state index in [2.05, 4.69) is 5.32 Å². The second-order valence-corrected chi connectivity index (χ2v) is 5.03. The van der Waals surface area contributed by atoms with Crippen molar-refractivity contribution >= 4 is 57.9 Å². The van der Waals surface area contributed by atoms with Gasteiger partial charge in [0.25, 0.3) is 11.5 Å². The maximum atomic E-state index is 12.4. The number of nitrogens with zero attached hydrogens (tertiary/aromatic N) is 2. The van der Waals surface area contributed by atoms with E-state index in [0.29, 0.717) is 5.52 Å². The van der Waals surface area contributed by atoms with Gasteiger partial charge in [-0.15, -0.1) is 0 Å². The molecular weight excluding hydrogens is 325 g/mol. The van der Waals surface area contributed by atoms with Crippen LogP contribution in [0.25, 0.3) is 16.4 Å². The van der Waals surface area contributed by atoms with Crippen LogP contribution >= 0.6 is 0 Å². The summed E-state index contributed by atoms with van der Waals surface area (Å²) in [4.78, 5) is 35.0. The first kappa shape index (κ1) is 18.1. The molecule has 3 rings (SSSR count). The number of carboxylic acid groups (broad SMARTS) is 1. The maximum absolute atomic E-state index is 12.4. The Labute approximate surface area is 157 Å². The van der Waals surface area contributed by atoms with Crippen LogP contribution in [0, 0.1) is 0 Å². The van der Waals surface area contributed by atoms with Crippen molar-refractivity contribution in [1.82, 2.24) is 14.5 Å². The number of nitrogens with one attached hydrogen (secondary N) is 1. The molecule has 0 aliphatic heterocycles. The number of para-hydroxylation sites is 1. The first-order valence-electron chi connectivity index (χ1n) is 6.74. The number of aromatic hydroxyl groups is 1. The summed E-state index contributed by atoms with van der Waals surface area (Å²) in [5, 5.41) is 21.8. The molecule has 0 unspecified atom stereocenters. The molecule has 24 heavy (non-hydrogen) atoms. The number of aryl methyl sites for hydroxylation is 1. The number of carboxylic acids is 1. The summed E-state index contributed by atoms with van der Waals surface area (Å²) in [5.74, 6) is -2.66. The number of amides is 1. The van der Waals surface area contributed by atoms with Gasteiger partial charge in [-0.3, -0.25) is 14.4 Å². The first-order valence-corrected chi connectivity index (χ1v) is 6.74. The number of aromatic nitrogens is 2. The Morgan fingerprint density at radius 1 is 1.21 bits per heavy atom. The molecule has 0 fully saturated rings. The molecule has 8 nitrogen and oxygen atoms in total. The van der Waals surface area contributed by atoms with Gasteiger partial charge in [-0.2, -0.15) is 0 Å². The number of aliphatic carboxylic acids is 1. The molecule has 0 atom stereocenters. The number of hydrogen-bond acceptors (Lipinski definition) is 4. The number of carbonyl (C=O) groups excluding carboxylic acids is 1. The van der Waals surface area contributed by atoms with E-state index in [9.17, 15) is 19.5 Å². The third-order valence-corrected chi connectivity index (χ3v) is 3.60. The van der Waals surface area contributed by atoms with E-state index in [1.54, 1.807) is 18.2 Å². The summed E-state index contributed by atoms with van der Waals surface area (Å²) >= 11 is 0. The topological polar surface area (TPSA) is 113 Å². The minimum atomic E-state index is -1.25. The summed E-state index contributed by atoms with van der Waals surface area (Å²) in [6, 6.07) is 8.86. The van der Waals surface area contributed by atoms with Crippen molar-refractivity contribution in [2.45, 2.75) is 0 Å². The molecular formula is C15H14N3NaO5. The van der Waals surface area contributed by atoms with Crippen molar-refractivity contribution in [2.24, 2.45) is 7.05 Å². The van der Waals surface area contributed by atoms with Gasteiger partial charge < -0.3 is 15.5 Å². The van der Waals surface area contributed by atoms with E-state index in [1.807, 2.05) is 12.1 Å². The average Bonchev–Trinajstić information content (AvgIpc) is 2.91. The van der Waals surface area contributed by atoms with Crippen LogP contribution in [0.5, 0.6) is 5.75 Å². The van der Waals surface area contributed by atoms with Gasteiger partial charge in [0.05, 0.1) is 5.52 Å². The Bertz CT molecular complexity index is 1020. The van der Waals surface area contributed by atoms with Crippen LogP contribution in [0.4, 0.5) is 0 Å². The fourth-order valence-corrected chi connectivity index (χ4v) is 2.56. The summed E-state index contributed by atoms with van der Waals surface area (Å²) < 4.78 is 2.70. The van der Waals surface area contributed by atoms with Gasteiger partial charge in [-0.1, -0.05) is 18.2 Å². The number of hydrogen-bond donors (Lipinski definition) is 3. The fraction of sp³-hybridized carbons (Fsp3) is 0.133. The Morgan fingerprint density at radius 2 is 1.88 bits per heavy atom. The molecule has 2 heterocycles. The molecule has 9 heteroatoms. The van der Waals surface area contributed by atoms with E-state index in [0.717, 1.165) is 5.39 Å². The van der Waals surface area contributed by atoms with Gasteiger partial charge in [0.2, 0.25) is 0 Å². The van der Waals surface area contributed by atoms with Crippen molar-refractivity contribution in [3.8, 4) is 5.75 Å². The second-order valence-electron chi connectivity index (χ2n) is 5.03. The summed E-state index contributed by atoms with van der Waals surface area (Å²) in [6.45, 7) is -0.643. The van der Waals surface area contributed by atoms with E-state index >= 15 is 0 Å². The molecule has 1 amide bonds. The molecule has 0 saturated carbocycles. The third-order valence-electron chi connectivity index (χ3n) is 3.60. The quantitative estimate of drug-likeness (QED) is 0.565. The summed E-state index contributed by atoms with van der Waals surface area (Å²) in [5.41, 5.74) is -0.216. The minimum absolute atomic E-state index is 0. The Hall–Kier alpha value is -2.29. The predicted octanol–water partition coefficient (Wildman–Crippen LogP) is -0.337. The predicted molar refractivity (Wildman–Crippen MR) is 88.9 cm³/mol. The van der Waals surface area contributed by atoms with Crippen molar-refractivity contribution in [3.63, 3.8) is 0 Å². The van der Waals surface area contributed by atoms with Crippen LogP contribution in [0.15, 0.2) is 35.1 Å². The van der Waals surface area contributed by atoms with E-state index in [4.69, 9.17) is 5.11 Å². The molecule has 2 aromatic heterocycles. The zero-order valence-corrected chi connectivity index (χ0v) is 12.1. The van der Waals surface area contributed by atoms with Crippen LogP contribution in [-0.4, -0.2) is 67.4 Å². The molecule has 0 spiro atoms. The van der Waals surface area contributed by atoms with Crippen LogP contribution < -0.4 is 10.9 Å². The molecule has 0 bridgehead atoms. The van der Waals surface area contributed by atoms with Gasteiger partial charge >= 0.3 is 35.5 Å². The summed E-state index contributed by atoms with van der Waals surface area (Å²) in [7, 11) is 1.47. The second kappa shape index (κ2) is 6.68. The van der Waals surface area contributed by atoms with Crippen LogP contribution in [0.2, 0.25) is 0 Å². The summed E-state index contributed by atoms with van der Waals surface area (Å²) in [6.07, 6.45) is 0. The zero-order valence-electron chi connectivity index (χ0n) is 12.1.